The molecule has 106 valence electrons. The van der Waals surface area contributed by atoms with Crippen LogP contribution in [-0.4, -0.2) is 24.5 Å². The van der Waals surface area contributed by atoms with Gasteiger partial charge in [-0.05, 0) is 29.3 Å². The molecule has 8 heteroatoms. The molecule has 0 bridgehead atoms. The number of aromatic nitrogens is 5. The zero-order valence-corrected chi connectivity index (χ0v) is 11.5. The third-order valence-electron chi connectivity index (χ3n) is 2.70. The summed E-state index contributed by atoms with van der Waals surface area (Å²) in [5.41, 5.74) is 0.900. The first-order valence-electron chi connectivity index (χ1n) is 6.09. The Morgan fingerprint density at radius 3 is 2.67 bits per heavy atom. The number of rotatable bonds is 4. The number of hydrogen-bond acceptors (Lipinski definition) is 5. The fraction of sp³-hybridized carbons (Fsp3) is 0.0769. The van der Waals surface area contributed by atoms with E-state index in [4.69, 9.17) is 11.6 Å². The van der Waals surface area contributed by atoms with E-state index in [2.05, 4.69) is 25.3 Å². The Kier molecular flexibility index (Phi) is 3.74. The first kappa shape index (κ1) is 13.4. The van der Waals surface area contributed by atoms with Crippen LogP contribution >= 0.6 is 11.6 Å². The van der Waals surface area contributed by atoms with Gasteiger partial charge in [-0.1, -0.05) is 12.1 Å². The summed E-state index contributed by atoms with van der Waals surface area (Å²) >= 11 is 5.88. The van der Waals surface area contributed by atoms with Crippen LogP contribution in [0.4, 0.5) is 10.3 Å². The number of nitrogens with one attached hydrogen (secondary N) is 1. The zero-order valence-electron chi connectivity index (χ0n) is 10.7. The third-order valence-corrected chi connectivity index (χ3v) is 2.86. The van der Waals surface area contributed by atoms with Crippen molar-refractivity contribution in [3.63, 3.8) is 0 Å². The molecule has 0 unspecified atom stereocenters. The molecule has 3 aromatic rings. The minimum absolute atomic E-state index is 0.0790. The van der Waals surface area contributed by atoms with Gasteiger partial charge in [0.2, 0.25) is 17.2 Å². The van der Waals surface area contributed by atoms with E-state index in [-0.39, 0.29) is 11.1 Å². The molecule has 1 N–H and O–H groups in total. The Balaban J connectivity index is 1.78. The minimum atomic E-state index is -0.274. The molecule has 0 saturated heterocycles. The maximum Gasteiger partial charge on any atom is 0.241 e. The maximum atomic E-state index is 12.8. The topological polar surface area (TPSA) is 68.5 Å². The van der Waals surface area contributed by atoms with Crippen molar-refractivity contribution in [3.05, 3.63) is 59.7 Å². The van der Waals surface area contributed by atoms with Gasteiger partial charge in [0.15, 0.2) is 0 Å². The molecule has 0 fully saturated rings. The van der Waals surface area contributed by atoms with Crippen molar-refractivity contribution in [3.8, 4) is 5.95 Å². The van der Waals surface area contributed by atoms with E-state index in [0.29, 0.717) is 18.4 Å². The van der Waals surface area contributed by atoms with E-state index in [1.165, 1.54) is 12.1 Å². The van der Waals surface area contributed by atoms with Gasteiger partial charge in [-0.25, -0.2) is 9.37 Å². The second-order valence-corrected chi connectivity index (χ2v) is 4.52. The quantitative estimate of drug-likeness (QED) is 0.802. The highest BCUT2D eigenvalue weighted by atomic mass is 35.5. The van der Waals surface area contributed by atoms with E-state index in [1.807, 2.05) is 0 Å². The van der Waals surface area contributed by atoms with Crippen LogP contribution in [0.15, 0.2) is 43.0 Å². The number of hydrogen-bond donors (Lipinski definition) is 1. The monoisotopic (exact) mass is 304 g/mol. The third kappa shape index (κ3) is 3.32. The summed E-state index contributed by atoms with van der Waals surface area (Å²) in [6.07, 6.45) is 4.88. The van der Waals surface area contributed by atoms with Crippen LogP contribution in [0.2, 0.25) is 5.28 Å². The van der Waals surface area contributed by atoms with Crippen LogP contribution in [-0.2, 0) is 6.54 Å². The number of benzene rings is 1. The first-order chi connectivity index (χ1) is 10.2. The molecule has 3 rings (SSSR count). The zero-order chi connectivity index (χ0) is 14.7. The lowest BCUT2D eigenvalue weighted by Crippen LogP contribution is -2.08. The highest BCUT2D eigenvalue weighted by molar-refractivity contribution is 6.28. The number of halogens is 2. The second kappa shape index (κ2) is 5.84. The maximum absolute atomic E-state index is 12.8. The molecule has 2 aromatic heterocycles. The fourth-order valence-corrected chi connectivity index (χ4v) is 1.85. The molecule has 2 heterocycles. The van der Waals surface area contributed by atoms with Crippen LogP contribution in [0.1, 0.15) is 5.56 Å². The Morgan fingerprint density at radius 1 is 1.14 bits per heavy atom. The average Bonchev–Trinajstić information content (AvgIpc) is 3.00. The molecule has 0 atom stereocenters. The molecule has 0 aliphatic carbocycles. The van der Waals surface area contributed by atoms with Gasteiger partial charge in [0.1, 0.15) is 12.1 Å². The summed E-state index contributed by atoms with van der Waals surface area (Å²) in [7, 11) is 0. The van der Waals surface area contributed by atoms with E-state index in [1.54, 1.807) is 35.4 Å². The molecule has 0 amide bonds. The SMILES string of the molecule is Fc1ccc(CNc2nc(Cl)nc(-n3ccnc3)n2)cc1. The highest BCUT2D eigenvalue weighted by Gasteiger charge is 2.06. The predicted molar refractivity (Wildman–Crippen MR) is 75.7 cm³/mol. The van der Waals surface area contributed by atoms with Gasteiger partial charge in [0.25, 0.3) is 0 Å². The summed E-state index contributed by atoms with van der Waals surface area (Å²) < 4.78 is 14.5. The van der Waals surface area contributed by atoms with Crippen molar-refractivity contribution in [2.45, 2.75) is 6.54 Å². The normalized spacial score (nSPS) is 10.6. The highest BCUT2D eigenvalue weighted by Crippen LogP contribution is 2.11. The van der Waals surface area contributed by atoms with Gasteiger partial charge in [0.05, 0.1) is 0 Å². The molecule has 0 aliphatic heterocycles. The van der Waals surface area contributed by atoms with E-state index >= 15 is 0 Å². The average molecular weight is 305 g/mol. The number of anilines is 1. The molecule has 0 aliphatic rings. The van der Waals surface area contributed by atoms with Crippen LogP contribution in [0, 0.1) is 5.82 Å². The van der Waals surface area contributed by atoms with Crippen molar-refractivity contribution in [2.75, 3.05) is 5.32 Å². The lowest BCUT2D eigenvalue weighted by Gasteiger charge is -2.07. The van der Waals surface area contributed by atoms with Crippen LogP contribution < -0.4 is 5.32 Å². The lowest BCUT2D eigenvalue weighted by atomic mass is 10.2. The second-order valence-electron chi connectivity index (χ2n) is 4.18. The van der Waals surface area contributed by atoms with Crippen LogP contribution in [0.3, 0.4) is 0 Å². The number of imidazole rings is 1. The van der Waals surface area contributed by atoms with Gasteiger partial charge in [-0.3, -0.25) is 4.57 Å². The first-order valence-corrected chi connectivity index (χ1v) is 6.47. The molecule has 0 spiro atoms. The Bertz CT molecular complexity index is 729. The van der Waals surface area contributed by atoms with Crippen LogP contribution in [0.5, 0.6) is 0 Å². The van der Waals surface area contributed by atoms with Gasteiger partial charge >= 0.3 is 0 Å². The van der Waals surface area contributed by atoms with Gasteiger partial charge in [-0.2, -0.15) is 15.0 Å². The Hall–Kier alpha value is -2.54. The molecule has 0 saturated carbocycles. The van der Waals surface area contributed by atoms with Gasteiger partial charge in [-0.15, -0.1) is 0 Å². The Morgan fingerprint density at radius 2 is 1.95 bits per heavy atom. The Labute approximate surface area is 124 Å². The van der Waals surface area contributed by atoms with Crippen LogP contribution in [0.25, 0.3) is 5.95 Å². The molecule has 0 radical (unpaired) electrons. The standard InChI is InChI=1S/C13H10ClFN6/c14-11-18-12(17-7-9-1-3-10(15)4-2-9)20-13(19-11)21-6-5-16-8-21/h1-6,8H,7H2,(H,17,18,19,20). The summed E-state index contributed by atoms with van der Waals surface area (Å²) in [5, 5.41) is 3.10. The van der Waals surface area contributed by atoms with Gasteiger partial charge < -0.3 is 5.32 Å². The molecule has 21 heavy (non-hydrogen) atoms. The number of nitrogens with zero attached hydrogens (tertiary/aromatic N) is 5. The van der Waals surface area contributed by atoms with Crippen molar-refractivity contribution in [1.29, 1.82) is 0 Å². The van der Waals surface area contributed by atoms with Crippen molar-refractivity contribution in [1.82, 2.24) is 24.5 Å². The minimum Gasteiger partial charge on any atom is -0.350 e. The molecule has 1 aromatic carbocycles. The van der Waals surface area contributed by atoms with E-state index < -0.39 is 0 Å². The van der Waals surface area contributed by atoms with E-state index in [9.17, 15) is 4.39 Å². The smallest absolute Gasteiger partial charge is 0.241 e. The predicted octanol–water partition coefficient (Wildman–Crippen LogP) is 2.46. The summed E-state index contributed by atoms with van der Waals surface area (Å²) in [6, 6.07) is 6.16. The molecular formula is C13H10ClFN6. The largest absolute Gasteiger partial charge is 0.350 e. The summed E-state index contributed by atoms with van der Waals surface area (Å²) in [4.78, 5) is 16.2. The van der Waals surface area contributed by atoms with Crippen molar-refractivity contribution >= 4 is 17.5 Å². The summed E-state index contributed by atoms with van der Waals surface area (Å²) in [6.45, 7) is 0.448. The summed E-state index contributed by atoms with van der Waals surface area (Å²) in [5.74, 6) is 0.432. The lowest BCUT2D eigenvalue weighted by molar-refractivity contribution is 0.627. The van der Waals surface area contributed by atoms with E-state index in [0.717, 1.165) is 5.56 Å². The fourth-order valence-electron chi connectivity index (χ4n) is 1.69. The van der Waals surface area contributed by atoms with Gasteiger partial charge in [0, 0.05) is 18.9 Å². The van der Waals surface area contributed by atoms with Crippen molar-refractivity contribution < 1.29 is 4.39 Å². The van der Waals surface area contributed by atoms with Crippen molar-refractivity contribution in [2.24, 2.45) is 0 Å². The molecular weight excluding hydrogens is 295 g/mol. The molecule has 6 nitrogen and oxygen atoms in total.